The number of halogens is 1. The van der Waals surface area contributed by atoms with E-state index < -0.39 is 22.2 Å². The van der Waals surface area contributed by atoms with Crippen molar-refractivity contribution in [1.82, 2.24) is 4.72 Å². The second kappa shape index (κ2) is 5.79. The zero-order valence-corrected chi connectivity index (χ0v) is 10.9. The minimum Gasteiger partial charge on any atom is -0.392 e. The normalized spacial score (nSPS) is 15.5. The Hall–Kier alpha value is -0.660. The Bertz CT molecular complexity index is 459. The van der Waals surface area contributed by atoms with Crippen LogP contribution in [0.15, 0.2) is 29.2 Å². The molecule has 0 aliphatic rings. The highest BCUT2D eigenvalue weighted by Gasteiger charge is 2.17. The Kier molecular flexibility index (Phi) is 4.91. The second-order valence-corrected chi connectivity index (χ2v) is 5.91. The van der Waals surface area contributed by atoms with E-state index >= 15 is 0 Å². The van der Waals surface area contributed by atoms with Gasteiger partial charge in [-0.1, -0.05) is 11.6 Å². The summed E-state index contributed by atoms with van der Waals surface area (Å²) in [7, 11) is -3.61. The molecule has 1 aromatic carbocycles. The van der Waals surface area contributed by atoms with E-state index in [-0.39, 0.29) is 11.4 Å². The number of nitrogens with two attached hydrogens (primary N) is 1. The third-order valence-corrected chi connectivity index (χ3v) is 3.94. The lowest BCUT2D eigenvalue weighted by Gasteiger charge is -2.15. The summed E-state index contributed by atoms with van der Waals surface area (Å²) in [5.74, 6) is 0. The maximum atomic E-state index is 11.8. The molecule has 0 heterocycles. The van der Waals surface area contributed by atoms with E-state index in [4.69, 9.17) is 22.4 Å². The number of nitrogens with one attached hydrogen (secondary N) is 1. The largest absolute Gasteiger partial charge is 0.392 e. The summed E-state index contributed by atoms with van der Waals surface area (Å²) in [6.07, 6.45) is -0.775. The fourth-order valence-corrected chi connectivity index (χ4v) is 2.27. The summed E-state index contributed by atoms with van der Waals surface area (Å²) in [6, 6.07) is 5.14. The van der Waals surface area contributed by atoms with Gasteiger partial charge in [-0.3, -0.25) is 0 Å². The number of benzene rings is 1. The first kappa shape index (κ1) is 14.4. The van der Waals surface area contributed by atoms with Crippen LogP contribution in [-0.2, 0) is 10.0 Å². The lowest BCUT2D eigenvalue weighted by Crippen LogP contribution is -2.43. The van der Waals surface area contributed by atoms with Gasteiger partial charge in [0.05, 0.1) is 11.0 Å². The molecule has 17 heavy (non-hydrogen) atoms. The molecule has 0 fully saturated rings. The van der Waals surface area contributed by atoms with E-state index in [0.717, 1.165) is 0 Å². The lowest BCUT2D eigenvalue weighted by atomic mass is 10.2. The van der Waals surface area contributed by atoms with Gasteiger partial charge in [-0.15, -0.1) is 0 Å². The van der Waals surface area contributed by atoms with Gasteiger partial charge in [0.25, 0.3) is 0 Å². The van der Waals surface area contributed by atoms with E-state index in [0.29, 0.717) is 5.02 Å². The number of rotatable bonds is 5. The summed E-state index contributed by atoms with van der Waals surface area (Å²) < 4.78 is 25.9. The molecule has 1 aromatic rings. The minimum absolute atomic E-state index is 0.0252. The van der Waals surface area contributed by atoms with Crippen molar-refractivity contribution in [3.8, 4) is 0 Å². The van der Waals surface area contributed by atoms with Crippen LogP contribution in [-0.4, -0.2) is 32.2 Å². The van der Waals surface area contributed by atoms with Gasteiger partial charge in [-0.25, -0.2) is 13.1 Å². The molecular formula is C10H15ClN2O3S. The monoisotopic (exact) mass is 278 g/mol. The zero-order valence-electron chi connectivity index (χ0n) is 9.30. The minimum atomic E-state index is -3.61. The van der Waals surface area contributed by atoms with E-state index in [2.05, 4.69) is 4.72 Å². The molecule has 0 aliphatic carbocycles. The van der Waals surface area contributed by atoms with Crippen molar-refractivity contribution >= 4 is 21.6 Å². The van der Waals surface area contributed by atoms with Crippen LogP contribution < -0.4 is 10.5 Å². The number of hydrogen-bond donors (Lipinski definition) is 3. The van der Waals surface area contributed by atoms with Crippen molar-refractivity contribution in [2.75, 3.05) is 6.54 Å². The maximum absolute atomic E-state index is 11.8. The molecule has 4 N–H and O–H groups in total. The van der Waals surface area contributed by atoms with Crippen molar-refractivity contribution in [2.24, 2.45) is 5.73 Å². The topological polar surface area (TPSA) is 92.4 Å². The maximum Gasteiger partial charge on any atom is 0.240 e. The summed E-state index contributed by atoms with van der Waals surface area (Å²) in [5, 5.41) is 9.61. The van der Waals surface area contributed by atoms with Gasteiger partial charge in [0.1, 0.15) is 0 Å². The van der Waals surface area contributed by atoms with E-state index in [9.17, 15) is 8.42 Å². The summed E-state index contributed by atoms with van der Waals surface area (Å²) >= 11 is 5.66. The Balaban J connectivity index is 2.72. The third-order valence-electron chi connectivity index (χ3n) is 2.25. The predicted octanol–water partition coefficient (Wildman–Crippen LogP) is 0.326. The van der Waals surface area contributed by atoms with E-state index in [1.165, 1.54) is 31.2 Å². The molecule has 2 unspecified atom stereocenters. The first-order valence-electron chi connectivity index (χ1n) is 5.02. The van der Waals surface area contributed by atoms with E-state index in [1.807, 2.05) is 0 Å². The second-order valence-electron chi connectivity index (χ2n) is 3.71. The van der Waals surface area contributed by atoms with Gasteiger partial charge < -0.3 is 10.8 Å². The van der Waals surface area contributed by atoms with Gasteiger partial charge in [-0.05, 0) is 31.2 Å². The number of aliphatic hydroxyl groups excluding tert-OH is 1. The third kappa shape index (κ3) is 4.25. The first-order valence-corrected chi connectivity index (χ1v) is 6.88. The fourth-order valence-electron chi connectivity index (χ4n) is 1.07. The summed E-state index contributed by atoms with van der Waals surface area (Å²) in [5.41, 5.74) is 5.53. The summed E-state index contributed by atoms with van der Waals surface area (Å²) in [6.45, 7) is 1.48. The van der Waals surface area contributed by atoms with Crippen molar-refractivity contribution < 1.29 is 13.5 Å². The quantitative estimate of drug-likeness (QED) is 0.723. The first-order chi connectivity index (χ1) is 7.83. The van der Waals surface area contributed by atoms with Gasteiger partial charge in [0, 0.05) is 17.6 Å². The molecule has 2 atom stereocenters. The molecule has 0 amide bonds. The summed E-state index contributed by atoms with van der Waals surface area (Å²) in [4.78, 5) is 0.111. The van der Waals surface area contributed by atoms with Crippen LogP contribution in [0.25, 0.3) is 0 Å². The molecule has 96 valence electrons. The molecule has 0 radical (unpaired) electrons. The Morgan fingerprint density at radius 3 is 2.41 bits per heavy atom. The number of hydrogen-bond acceptors (Lipinski definition) is 4. The molecule has 0 spiro atoms. The molecule has 0 bridgehead atoms. The van der Waals surface area contributed by atoms with Crippen LogP contribution in [0.5, 0.6) is 0 Å². The van der Waals surface area contributed by atoms with Crippen molar-refractivity contribution in [3.05, 3.63) is 29.3 Å². The molecule has 1 rings (SSSR count). The zero-order chi connectivity index (χ0) is 13.1. The molecule has 0 aliphatic heterocycles. The molecule has 0 aromatic heterocycles. The lowest BCUT2D eigenvalue weighted by molar-refractivity contribution is 0.164. The molecular weight excluding hydrogens is 264 g/mol. The van der Waals surface area contributed by atoms with Crippen LogP contribution >= 0.6 is 11.6 Å². The van der Waals surface area contributed by atoms with Crippen LogP contribution in [0.4, 0.5) is 0 Å². The van der Waals surface area contributed by atoms with Gasteiger partial charge in [-0.2, -0.15) is 0 Å². The highest BCUT2D eigenvalue weighted by Crippen LogP contribution is 2.13. The molecule has 7 heteroatoms. The van der Waals surface area contributed by atoms with Gasteiger partial charge >= 0.3 is 0 Å². The Labute approximate surface area is 106 Å². The average Bonchev–Trinajstić information content (AvgIpc) is 2.26. The van der Waals surface area contributed by atoms with Crippen molar-refractivity contribution in [2.45, 2.75) is 24.0 Å². The highest BCUT2D eigenvalue weighted by molar-refractivity contribution is 7.89. The Morgan fingerprint density at radius 1 is 1.41 bits per heavy atom. The van der Waals surface area contributed by atoms with Crippen molar-refractivity contribution in [3.63, 3.8) is 0 Å². The predicted molar refractivity (Wildman–Crippen MR) is 66.3 cm³/mol. The number of aliphatic hydroxyl groups is 1. The molecule has 0 saturated carbocycles. The average molecular weight is 279 g/mol. The Morgan fingerprint density at radius 2 is 1.94 bits per heavy atom. The van der Waals surface area contributed by atoms with Crippen LogP contribution in [0.1, 0.15) is 6.92 Å². The van der Waals surface area contributed by atoms with Gasteiger partial charge in [0.2, 0.25) is 10.0 Å². The van der Waals surface area contributed by atoms with E-state index in [1.54, 1.807) is 0 Å². The van der Waals surface area contributed by atoms with Crippen LogP contribution in [0, 0.1) is 0 Å². The fraction of sp³-hybridized carbons (Fsp3) is 0.400. The smallest absolute Gasteiger partial charge is 0.240 e. The van der Waals surface area contributed by atoms with Crippen LogP contribution in [0.2, 0.25) is 5.02 Å². The van der Waals surface area contributed by atoms with Crippen LogP contribution in [0.3, 0.4) is 0 Å². The molecule has 5 nitrogen and oxygen atoms in total. The standard InChI is InChI=1S/C10H15ClN2O3S/c1-7(14)10(12)6-13-17(15,16)9-4-2-8(11)3-5-9/h2-5,7,10,13-14H,6,12H2,1H3. The van der Waals surface area contributed by atoms with Gasteiger partial charge in [0.15, 0.2) is 0 Å². The highest BCUT2D eigenvalue weighted by atomic mass is 35.5. The number of sulfonamides is 1. The molecule has 0 saturated heterocycles. The SMILES string of the molecule is CC(O)C(N)CNS(=O)(=O)c1ccc(Cl)cc1. The van der Waals surface area contributed by atoms with Crippen molar-refractivity contribution in [1.29, 1.82) is 0 Å².